The van der Waals surface area contributed by atoms with Crippen LogP contribution in [0.4, 0.5) is 19.0 Å². The zero-order chi connectivity index (χ0) is 26.7. The van der Waals surface area contributed by atoms with Crippen LogP contribution in [0.3, 0.4) is 0 Å². The van der Waals surface area contributed by atoms with Gasteiger partial charge in [-0.1, -0.05) is 12.1 Å². The quantitative estimate of drug-likeness (QED) is 0.500. The van der Waals surface area contributed by atoms with E-state index < -0.39 is 17.7 Å². The van der Waals surface area contributed by atoms with E-state index in [0.717, 1.165) is 30.7 Å². The highest BCUT2D eigenvalue weighted by Crippen LogP contribution is 2.45. The van der Waals surface area contributed by atoms with Gasteiger partial charge in [-0.15, -0.1) is 5.10 Å². The van der Waals surface area contributed by atoms with Gasteiger partial charge in [-0.3, -0.25) is 4.90 Å². The van der Waals surface area contributed by atoms with Gasteiger partial charge in [0, 0.05) is 62.1 Å². The zero-order valence-corrected chi connectivity index (χ0v) is 21.7. The van der Waals surface area contributed by atoms with Crippen LogP contribution in [0, 0.1) is 12.3 Å². The van der Waals surface area contributed by atoms with Crippen LogP contribution in [-0.2, 0) is 23.9 Å². The van der Waals surface area contributed by atoms with Gasteiger partial charge in [0.25, 0.3) is 0 Å². The SMILES string of the molecule is Cc1c(Cc2c(CN3CC4(CSC4)C3)nc3c(C(=O)O)cc(N4CCOCC4)nn23)cccc1C(F)(F)F. The third-order valence-corrected chi connectivity index (χ3v) is 9.36. The molecule has 3 fully saturated rings. The lowest BCUT2D eigenvalue weighted by atomic mass is 9.83. The van der Waals surface area contributed by atoms with Crippen LogP contribution in [0.5, 0.6) is 0 Å². The van der Waals surface area contributed by atoms with Gasteiger partial charge < -0.3 is 14.7 Å². The van der Waals surface area contributed by atoms with E-state index in [-0.39, 0.29) is 23.2 Å². The van der Waals surface area contributed by atoms with E-state index in [2.05, 4.69) is 4.90 Å². The minimum atomic E-state index is -4.46. The summed E-state index contributed by atoms with van der Waals surface area (Å²) in [5.74, 6) is 1.63. The van der Waals surface area contributed by atoms with E-state index in [0.29, 0.717) is 61.0 Å². The Morgan fingerprint density at radius 1 is 1.21 bits per heavy atom. The highest BCUT2D eigenvalue weighted by atomic mass is 32.2. The Morgan fingerprint density at radius 2 is 1.95 bits per heavy atom. The van der Waals surface area contributed by atoms with E-state index in [1.165, 1.54) is 23.6 Å². The fourth-order valence-electron chi connectivity index (χ4n) is 5.67. The minimum absolute atomic E-state index is 0.0187. The number of halogens is 3. The Balaban J connectivity index is 1.45. The third-order valence-electron chi connectivity index (χ3n) is 7.73. The molecule has 8 nitrogen and oxygen atoms in total. The molecule has 1 N–H and O–H groups in total. The first-order chi connectivity index (χ1) is 18.1. The predicted octanol–water partition coefficient (Wildman–Crippen LogP) is 3.73. The molecule has 2 aromatic heterocycles. The van der Waals surface area contributed by atoms with E-state index >= 15 is 0 Å². The monoisotopic (exact) mass is 547 g/mol. The number of aromatic nitrogens is 3. The van der Waals surface area contributed by atoms with Gasteiger partial charge in [0.15, 0.2) is 11.5 Å². The molecule has 3 aliphatic heterocycles. The Bertz CT molecular complexity index is 1390. The number of likely N-dealkylation sites (tertiary alicyclic amines) is 1. The van der Waals surface area contributed by atoms with Crippen molar-refractivity contribution in [3.63, 3.8) is 0 Å². The number of carbonyl (C=O) groups is 1. The van der Waals surface area contributed by atoms with Crippen molar-refractivity contribution < 1.29 is 27.8 Å². The number of benzene rings is 1. The van der Waals surface area contributed by atoms with Crippen LogP contribution in [0.1, 0.15) is 38.4 Å². The van der Waals surface area contributed by atoms with Crippen molar-refractivity contribution >= 4 is 29.2 Å². The molecule has 3 aliphatic rings. The summed E-state index contributed by atoms with van der Waals surface area (Å²) in [6.07, 6.45) is -4.31. The Labute approximate surface area is 221 Å². The highest BCUT2D eigenvalue weighted by Gasteiger charge is 2.48. The molecule has 1 spiro atoms. The molecule has 202 valence electrons. The van der Waals surface area contributed by atoms with Gasteiger partial charge in [-0.25, -0.2) is 14.3 Å². The van der Waals surface area contributed by atoms with Gasteiger partial charge in [-0.05, 0) is 24.1 Å². The number of hydrogen-bond donors (Lipinski definition) is 1. The van der Waals surface area contributed by atoms with Crippen molar-refractivity contribution in [1.29, 1.82) is 0 Å². The maximum Gasteiger partial charge on any atom is 0.416 e. The Morgan fingerprint density at radius 3 is 2.58 bits per heavy atom. The van der Waals surface area contributed by atoms with Crippen LogP contribution < -0.4 is 4.90 Å². The number of alkyl halides is 3. The lowest BCUT2D eigenvalue weighted by Crippen LogP contribution is -2.62. The molecule has 0 radical (unpaired) electrons. The van der Waals surface area contributed by atoms with Crippen molar-refractivity contribution in [2.45, 2.75) is 26.1 Å². The van der Waals surface area contributed by atoms with Crippen LogP contribution in [0.2, 0.25) is 0 Å². The van der Waals surface area contributed by atoms with Gasteiger partial charge in [0.2, 0.25) is 0 Å². The summed E-state index contributed by atoms with van der Waals surface area (Å²) in [6, 6.07) is 5.71. The van der Waals surface area contributed by atoms with E-state index in [9.17, 15) is 23.1 Å². The third kappa shape index (κ3) is 4.52. The lowest BCUT2D eigenvalue weighted by molar-refractivity contribution is -0.138. The van der Waals surface area contributed by atoms with Gasteiger partial charge in [0.05, 0.1) is 30.2 Å². The summed E-state index contributed by atoms with van der Waals surface area (Å²) in [5.41, 5.74) is 1.83. The largest absolute Gasteiger partial charge is 0.478 e. The normalized spacial score (nSPS) is 19.5. The highest BCUT2D eigenvalue weighted by molar-refractivity contribution is 8.00. The number of thioether (sulfide) groups is 1. The zero-order valence-electron chi connectivity index (χ0n) is 20.9. The number of fused-ring (bicyclic) bond motifs is 1. The van der Waals surface area contributed by atoms with Crippen LogP contribution in [-0.4, -0.2) is 81.5 Å². The Kier molecular flexibility index (Phi) is 6.31. The number of aromatic carboxylic acids is 1. The molecule has 3 aromatic rings. The molecule has 0 saturated carbocycles. The minimum Gasteiger partial charge on any atom is -0.478 e. The first kappa shape index (κ1) is 25.4. The summed E-state index contributed by atoms with van der Waals surface area (Å²) in [5, 5.41) is 14.8. The van der Waals surface area contributed by atoms with Crippen LogP contribution in [0.15, 0.2) is 24.3 Å². The maximum absolute atomic E-state index is 13.7. The van der Waals surface area contributed by atoms with Crippen molar-refractivity contribution in [3.8, 4) is 0 Å². The van der Waals surface area contributed by atoms with Gasteiger partial charge in [-0.2, -0.15) is 24.9 Å². The lowest BCUT2D eigenvalue weighted by Gasteiger charge is -2.55. The van der Waals surface area contributed by atoms with Gasteiger partial charge in [0.1, 0.15) is 5.56 Å². The molecular weight excluding hydrogens is 519 g/mol. The summed E-state index contributed by atoms with van der Waals surface area (Å²) >= 11 is 1.93. The molecule has 12 heteroatoms. The number of hydrogen-bond acceptors (Lipinski definition) is 7. The average molecular weight is 548 g/mol. The molecule has 0 aliphatic carbocycles. The second-order valence-electron chi connectivity index (χ2n) is 10.5. The molecule has 1 aromatic carbocycles. The van der Waals surface area contributed by atoms with Gasteiger partial charge >= 0.3 is 12.1 Å². The van der Waals surface area contributed by atoms with Crippen molar-refractivity contribution in [2.24, 2.45) is 5.41 Å². The smallest absolute Gasteiger partial charge is 0.416 e. The van der Waals surface area contributed by atoms with Crippen molar-refractivity contribution in [1.82, 2.24) is 19.5 Å². The molecular formula is C26H28F3N5O3S. The molecule has 3 saturated heterocycles. The second-order valence-corrected chi connectivity index (χ2v) is 11.4. The molecule has 5 heterocycles. The number of imidazole rings is 1. The van der Waals surface area contributed by atoms with Crippen molar-refractivity contribution in [2.75, 3.05) is 55.8 Å². The molecule has 0 unspecified atom stereocenters. The molecule has 0 amide bonds. The number of morpholine rings is 1. The van der Waals surface area contributed by atoms with Crippen LogP contribution >= 0.6 is 11.8 Å². The topological polar surface area (TPSA) is 83.2 Å². The summed E-state index contributed by atoms with van der Waals surface area (Å²) in [4.78, 5) is 21.3. The number of carboxylic acid groups (broad SMARTS) is 1. The Hall–Kier alpha value is -2.83. The number of rotatable bonds is 6. The average Bonchev–Trinajstić information content (AvgIpc) is 3.17. The first-order valence-corrected chi connectivity index (χ1v) is 13.7. The fourth-order valence-corrected chi connectivity index (χ4v) is 6.81. The number of carboxylic acids is 1. The van der Waals surface area contributed by atoms with Crippen LogP contribution in [0.25, 0.3) is 5.65 Å². The second kappa shape index (κ2) is 9.42. The predicted molar refractivity (Wildman–Crippen MR) is 137 cm³/mol. The molecule has 38 heavy (non-hydrogen) atoms. The molecule has 0 bridgehead atoms. The molecule has 0 atom stereocenters. The van der Waals surface area contributed by atoms with E-state index in [1.54, 1.807) is 6.07 Å². The molecule has 6 rings (SSSR count). The fraction of sp³-hybridized carbons (Fsp3) is 0.500. The summed E-state index contributed by atoms with van der Waals surface area (Å²) < 4.78 is 47.9. The van der Waals surface area contributed by atoms with E-state index in [1.807, 2.05) is 16.7 Å². The maximum atomic E-state index is 13.7. The standard InChI is InChI=1S/C26H28F3N5O3S/c1-16-17(3-2-4-19(16)26(27,28)29)9-21-20(11-32-12-25(13-32)14-38-15-25)30-23-18(24(35)36)10-22(31-34(21)23)33-5-7-37-8-6-33/h2-4,10H,5-9,11-15H2,1H3,(H,35,36). The van der Waals surface area contributed by atoms with Crippen molar-refractivity contribution in [3.05, 3.63) is 57.9 Å². The summed E-state index contributed by atoms with van der Waals surface area (Å²) in [7, 11) is 0. The first-order valence-electron chi connectivity index (χ1n) is 12.6. The summed E-state index contributed by atoms with van der Waals surface area (Å²) in [6.45, 7) is 5.98. The number of anilines is 1. The van der Waals surface area contributed by atoms with E-state index in [4.69, 9.17) is 14.8 Å². The number of ether oxygens (including phenoxy) is 1. The number of nitrogens with zero attached hydrogens (tertiary/aromatic N) is 5.